The minimum absolute atomic E-state index is 0.0197. The van der Waals surface area contributed by atoms with Gasteiger partial charge in [0.1, 0.15) is 5.69 Å². The van der Waals surface area contributed by atoms with Crippen molar-refractivity contribution in [2.75, 3.05) is 36.4 Å². The molecule has 2 aromatic carbocycles. The standard InChI is InChI=1S/C28H30F4N6O2/c1-16(2)37-9-11-38(12-10-37)18-6-8-23(40-28(30,31)32)22(14-18)34-26-33-15-21(29)24(35-26)17-5-7-20-19(13-17)25(39)36-27(20,3)4/h5-8,13-16H,9-12H2,1-4H3,(H,36,39)(H,33,34,35). The lowest BCUT2D eigenvalue weighted by Crippen LogP contribution is -2.48. The number of benzene rings is 2. The average Bonchev–Trinajstić information content (AvgIpc) is 3.12. The average molecular weight is 559 g/mol. The second kappa shape index (κ2) is 10.2. The van der Waals surface area contributed by atoms with Crippen LogP contribution in [0.1, 0.15) is 43.6 Å². The molecule has 3 heterocycles. The Hall–Kier alpha value is -3.93. The third-order valence-electron chi connectivity index (χ3n) is 7.23. The van der Waals surface area contributed by atoms with Gasteiger partial charge in [-0.1, -0.05) is 12.1 Å². The molecule has 12 heteroatoms. The van der Waals surface area contributed by atoms with E-state index in [1.54, 1.807) is 30.3 Å². The highest BCUT2D eigenvalue weighted by Gasteiger charge is 2.35. The van der Waals surface area contributed by atoms with Crippen molar-refractivity contribution in [3.05, 3.63) is 59.5 Å². The van der Waals surface area contributed by atoms with Gasteiger partial charge >= 0.3 is 6.36 Å². The van der Waals surface area contributed by atoms with Crippen molar-refractivity contribution < 1.29 is 27.1 Å². The number of hydrogen-bond donors (Lipinski definition) is 2. The minimum Gasteiger partial charge on any atom is -0.404 e. The largest absolute Gasteiger partial charge is 0.573 e. The summed E-state index contributed by atoms with van der Waals surface area (Å²) in [6, 6.07) is 9.68. The van der Waals surface area contributed by atoms with E-state index in [-0.39, 0.29) is 23.2 Å². The molecular weight excluding hydrogens is 528 g/mol. The van der Waals surface area contributed by atoms with Crippen LogP contribution in [-0.4, -0.2) is 59.4 Å². The zero-order valence-electron chi connectivity index (χ0n) is 22.6. The molecule has 0 spiro atoms. The Bertz CT molecular complexity index is 1430. The van der Waals surface area contributed by atoms with E-state index < -0.39 is 23.5 Å². The molecule has 8 nitrogen and oxygen atoms in total. The SMILES string of the molecule is CC(C)N1CCN(c2ccc(OC(F)(F)F)c(Nc3ncc(F)c(-c4ccc5c(c4)C(=O)NC5(C)C)n3)c2)CC1. The number of alkyl halides is 3. The number of aromatic nitrogens is 2. The lowest BCUT2D eigenvalue weighted by atomic mass is 9.93. The van der Waals surface area contributed by atoms with Crippen LogP contribution in [0.15, 0.2) is 42.6 Å². The first kappa shape index (κ1) is 27.6. The molecule has 2 aliphatic rings. The number of ether oxygens (including phenoxy) is 1. The van der Waals surface area contributed by atoms with Crippen molar-refractivity contribution in [3.8, 4) is 17.0 Å². The Labute approximate surface area is 229 Å². The highest BCUT2D eigenvalue weighted by Crippen LogP contribution is 2.37. The summed E-state index contributed by atoms with van der Waals surface area (Å²) in [5.41, 5.74) is 1.53. The van der Waals surface area contributed by atoms with Gasteiger partial charge in [0, 0.05) is 49.0 Å². The molecule has 40 heavy (non-hydrogen) atoms. The quantitative estimate of drug-likeness (QED) is 0.390. The number of amides is 1. The maximum absolute atomic E-state index is 14.9. The van der Waals surface area contributed by atoms with Gasteiger partial charge in [0.05, 0.1) is 17.4 Å². The van der Waals surface area contributed by atoms with Gasteiger partial charge in [-0.3, -0.25) is 9.69 Å². The monoisotopic (exact) mass is 558 g/mol. The molecule has 1 saturated heterocycles. The fourth-order valence-electron chi connectivity index (χ4n) is 5.12. The van der Waals surface area contributed by atoms with Crippen LogP contribution < -0.4 is 20.3 Å². The number of halogens is 4. The van der Waals surface area contributed by atoms with Crippen LogP contribution in [0.5, 0.6) is 5.75 Å². The zero-order chi connectivity index (χ0) is 28.8. The summed E-state index contributed by atoms with van der Waals surface area (Å²) in [6.07, 6.45) is -3.99. The first-order valence-corrected chi connectivity index (χ1v) is 13.0. The number of carbonyl (C=O) groups is 1. The van der Waals surface area contributed by atoms with Gasteiger partial charge in [0.15, 0.2) is 11.6 Å². The van der Waals surface area contributed by atoms with E-state index >= 15 is 0 Å². The second-order valence-electron chi connectivity index (χ2n) is 10.7. The van der Waals surface area contributed by atoms with Crippen LogP contribution >= 0.6 is 0 Å². The molecule has 2 aliphatic heterocycles. The molecule has 5 rings (SSSR count). The summed E-state index contributed by atoms with van der Waals surface area (Å²) in [7, 11) is 0. The number of nitrogens with one attached hydrogen (secondary N) is 2. The van der Waals surface area contributed by atoms with Crippen molar-refractivity contribution in [2.24, 2.45) is 0 Å². The topological polar surface area (TPSA) is 82.6 Å². The fourth-order valence-corrected chi connectivity index (χ4v) is 5.12. The van der Waals surface area contributed by atoms with E-state index in [4.69, 9.17) is 0 Å². The van der Waals surface area contributed by atoms with Gasteiger partial charge < -0.3 is 20.3 Å². The molecule has 0 radical (unpaired) electrons. The van der Waals surface area contributed by atoms with Crippen molar-refractivity contribution in [1.82, 2.24) is 20.2 Å². The van der Waals surface area contributed by atoms with Gasteiger partial charge in [-0.15, -0.1) is 13.2 Å². The Morgan fingerprint density at radius 3 is 2.48 bits per heavy atom. The van der Waals surface area contributed by atoms with Crippen molar-refractivity contribution in [3.63, 3.8) is 0 Å². The summed E-state index contributed by atoms with van der Waals surface area (Å²) >= 11 is 0. The molecule has 0 bridgehead atoms. The first-order valence-electron chi connectivity index (χ1n) is 13.0. The lowest BCUT2D eigenvalue weighted by molar-refractivity contribution is -0.274. The van der Waals surface area contributed by atoms with Gasteiger partial charge in [-0.05, 0) is 57.5 Å². The maximum atomic E-state index is 14.9. The van der Waals surface area contributed by atoms with Gasteiger partial charge in [0.25, 0.3) is 5.91 Å². The highest BCUT2D eigenvalue weighted by atomic mass is 19.4. The maximum Gasteiger partial charge on any atom is 0.573 e. The Morgan fingerprint density at radius 2 is 1.80 bits per heavy atom. The van der Waals surface area contributed by atoms with Crippen LogP contribution in [0, 0.1) is 5.82 Å². The number of fused-ring (bicyclic) bond motifs is 1. The summed E-state index contributed by atoms with van der Waals surface area (Å²) in [5, 5.41) is 5.65. The predicted molar refractivity (Wildman–Crippen MR) is 143 cm³/mol. The number of anilines is 3. The summed E-state index contributed by atoms with van der Waals surface area (Å²) in [4.78, 5) is 25.1. The van der Waals surface area contributed by atoms with E-state index in [2.05, 4.69) is 49.0 Å². The number of hydrogen-bond acceptors (Lipinski definition) is 7. The third kappa shape index (κ3) is 5.67. The van der Waals surface area contributed by atoms with Crippen LogP contribution in [0.2, 0.25) is 0 Å². The molecule has 0 atom stereocenters. The number of rotatable bonds is 6. The van der Waals surface area contributed by atoms with E-state index in [1.807, 2.05) is 13.8 Å². The number of carbonyl (C=O) groups excluding carboxylic acids is 1. The second-order valence-corrected chi connectivity index (χ2v) is 10.7. The normalized spacial score (nSPS) is 17.1. The molecule has 0 aliphatic carbocycles. The highest BCUT2D eigenvalue weighted by molar-refractivity contribution is 6.01. The predicted octanol–water partition coefficient (Wildman–Crippen LogP) is 5.43. The molecule has 1 fully saturated rings. The molecular formula is C28H30F4N6O2. The number of piperazine rings is 1. The molecule has 212 valence electrons. The lowest BCUT2D eigenvalue weighted by Gasteiger charge is -2.38. The van der Waals surface area contributed by atoms with Crippen LogP contribution in [0.3, 0.4) is 0 Å². The Morgan fingerprint density at radius 1 is 1.07 bits per heavy atom. The molecule has 0 saturated carbocycles. The molecule has 0 unspecified atom stereocenters. The molecule has 3 aromatic rings. The molecule has 1 aromatic heterocycles. The van der Waals surface area contributed by atoms with E-state index in [0.717, 1.165) is 24.8 Å². The van der Waals surface area contributed by atoms with E-state index in [9.17, 15) is 22.4 Å². The van der Waals surface area contributed by atoms with Gasteiger partial charge in [0.2, 0.25) is 5.95 Å². The van der Waals surface area contributed by atoms with Crippen molar-refractivity contribution in [1.29, 1.82) is 0 Å². The van der Waals surface area contributed by atoms with E-state index in [1.165, 1.54) is 6.07 Å². The minimum atomic E-state index is -4.92. The fraction of sp³-hybridized carbons (Fsp3) is 0.393. The summed E-state index contributed by atoms with van der Waals surface area (Å²) < 4.78 is 58.7. The zero-order valence-corrected chi connectivity index (χ0v) is 22.6. The summed E-state index contributed by atoms with van der Waals surface area (Å²) in [6.45, 7) is 11.0. The first-order chi connectivity index (χ1) is 18.8. The smallest absolute Gasteiger partial charge is 0.404 e. The van der Waals surface area contributed by atoms with Gasteiger partial charge in [-0.2, -0.15) is 0 Å². The Kier molecular flexibility index (Phi) is 7.07. The van der Waals surface area contributed by atoms with Gasteiger partial charge in [-0.25, -0.2) is 14.4 Å². The van der Waals surface area contributed by atoms with Crippen LogP contribution in [0.4, 0.5) is 34.9 Å². The summed E-state index contributed by atoms with van der Waals surface area (Å²) in [5.74, 6) is -1.63. The van der Waals surface area contributed by atoms with Crippen molar-refractivity contribution >= 4 is 23.2 Å². The van der Waals surface area contributed by atoms with Crippen LogP contribution in [-0.2, 0) is 5.54 Å². The van der Waals surface area contributed by atoms with Crippen LogP contribution in [0.25, 0.3) is 11.3 Å². The third-order valence-corrected chi connectivity index (χ3v) is 7.23. The van der Waals surface area contributed by atoms with Crippen molar-refractivity contribution in [2.45, 2.75) is 45.6 Å². The Balaban J connectivity index is 1.46. The molecule has 2 N–H and O–H groups in total. The van der Waals surface area contributed by atoms with E-state index in [0.29, 0.717) is 35.9 Å². The number of nitrogens with zero attached hydrogens (tertiary/aromatic N) is 4. The molecule has 1 amide bonds.